The molecule has 0 aliphatic heterocycles. The quantitative estimate of drug-likeness (QED) is 0.883. The molecule has 2 atom stereocenters. The molecule has 0 unspecified atom stereocenters. The van der Waals surface area contributed by atoms with Crippen molar-refractivity contribution in [2.45, 2.75) is 71.3 Å². The predicted molar refractivity (Wildman–Crippen MR) is 102 cm³/mol. The van der Waals surface area contributed by atoms with Crippen molar-refractivity contribution < 1.29 is 19.4 Å². The highest BCUT2D eigenvalue weighted by Gasteiger charge is 2.53. The van der Waals surface area contributed by atoms with Crippen molar-refractivity contribution in [1.82, 2.24) is 0 Å². The van der Waals surface area contributed by atoms with Gasteiger partial charge in [0.25, 0.3) is 0 Å². The third-order valence-electron chi connectivity index (χ3n) is 6.41. The maximum atomic E-state index is 13.2. The number of aliphatic hydroxyl groups is 1. The Morgan fingerprint density at radius 2 is 1.81 bits per heavy atom. The highest BCUT2D eigenvalue weighted by molar-refractivity contribution is 5.87. The molecule has 0 heterocycles. The number of methoxy groups -OCH3 is 2. The summed E-state index contributed by atoms with van der Waals surface area (Å²) in [5.41, 5.74) is 1.76. The summed E-state index contributed by atoms with van der Waals surface area (Å²) >= 11 is 0. The van der Waals surface area contributed by atoms with Gasteiger partial charge in [-0.05, 0) is 36.2 Å². The lowest BCUT2D eigenvalue weighted by molar-refractivity contribution is -0.148. The lowest BCUT2D eigenvalue weighted by Crippen LogP contribution is -2.53. The Kier molecular flexibility index (Phi) is 4.85. The van der Waals surface area contributed by atoms with Gasteiger partial charge >= 0.3 is 0 Å². The normalized spacial score (nSPS) is 27.5. The van der Waals surface area contributed by atoms with Crippen LogP contribution in [0.2, 0.25) is 0 Å². The molecule has 0 saturated heterocycles. The largest absolute Gasteiger partial charge is 0.493 e. The molecule has 2 aliphatic carbocycles. The van der Waals surface area contributed by atoms with Gasteiger partial charge in [-0.15, -0.1) is 0 Å². The molecule has 0 aromatic heterocycles. The number of carbonyl (C=O) groups is 1. The second kappa shape index (κ2) is 6.56. The maximum Gasteiger partial charge on any atom is 0.164 e. The van der Waals surface area contributed by atoms with Gasteiger partial charge in [0.05, 0.1) is 25.7 Å². The first-order chi connectivity index (χ1) is 12.1. The summed E-state index contributed by atoms with van der Waals surface area (Å²) in [7, 11) is 3.29. The Labute approximate surface area is 156 Å². The third kappa shape index (κ3) is 2.92. The van der Waals surface area contributed by atoms with Crippen molar-refractivity contribution in [3.8, 4) is 11.5 Å². The second-order valence-corrected chi connectivity index (χ2v) is 9.02. The van der Waals surface area contributed by atoms with E-state index in [0.29, 0.717) is 25.0 Å². The molecule has 0 radical (unpaired) electrons. The number of Topliss-reactive ketones (excluding diaryl/α,β-unsaturated/α-hetero) is 1. The Balaban J connectivity index is 2.22. The third-order valence-corrected chi connectivity index (χ3v) is 6.41. The van der Waals surface area contributed by atoms with Crippen LogP contribution in [0.15, 0.2) is 6.07 Å². The lowest BCUT2D eigenvalue weighted by atomic mass is 9.59. The van der Waals surface area contributed by atoms with Crippen molar-refractivity contribution in [2.75, 3.05) is 14.2 Å². The Morgan fingerprint density at radius 1 is 1.15 bits per heavy atom. The minimum Gasteiger partial charge on any atom is -0.493 e. The summed E-state index contributed by atoms with van der Waals surface area (Å²) < 4.78 is 11.4. The van der Waals surface area contributed by atoms with Crippen LogP contribution in [0.5, 0.6) is 11.5 Å². The molecular weight excluding hydrogens is 328 g/mol. The highest BCUT2D eigenvalue weighted by Crippen LogP contribution is 2.52. The number of hydrogen-bond acceptors (Lipinski definition) is 4. The SMILES string of the molecule is COc1c(C(C)C)cc2c(c1OC)C[C@@]1(O)CCCC(C)(C)[C@H]1C(=O)C2. The van der Waals surface area contributed by atoms with Crippen molar-refractivity contribution in [2.24, 2.45) is 11.3 Å². The van der Waals surface area contributed by atoms with Crippen LogP contribution >= 0.6 is 0 Å². The lowest BCUT2D eigenvalue weighted by Gasteiger charge is -2.48. The van der Waals surface area contributed by atoms with E-state index in [9.17, 15) is 9.90 Å². The molecule has 0 spiro atoms. The average Bonchev–Trinajstić information content (AvgIpc) is 2.65. The van der Waals surface area contributed by atoms with Crippen molar-refractivity contribution in [3.05, 3.63) is 22.8 Å². The highest BCUT2D eigenvalue weighted by atomic mass is 16.5. The predicted octanol–water partition coefficient (Wildman–Crippen LogP) is 4.05. The number of fused-ring (bicyclic) bond motifs is 2. The number of rotatable bonds is 3. The van der Waals surface area contributed by atoms with Crippen LogP contribution in [0.3, 0.4) is 0 Å². The Morgan fingerprint density at radius 3 is 2.38 bits per heavy atom. The smallest absolute Gasteiger partial charge is 0.164 e. The number of hydrogen-bond donors (Lipinski definition) is 1. The first-order valence-electron chi connectivity index (χ1n) is 9.66. The van der Waals surface area contributed by atoms with E-state index >= 15 is 0 Å². The van der Waals surface area contributed by atoms with E-state index in [-0.39, 0.29) is 23.0 Å². The molecular formula is C22H32O4. The molecule has 1 saturated carbocycles. The summed E-state index contributed by atoms with van der Waals surface area (Å²) in [6, 6.07) is 2.09. The molecule has 144 valence electrons. The van der Waals surface area contributed by atoms with Crippen LogP contribution in [0.1, 0.15) is 69.6 Å². The second-order valence-electron chi connectivity index (χ2n) is 9.02. The van der Waals surface area contributed by atoms with Gasteiger partial charge < -0.3 is 14.6 Å². The van der Waals surface area contributed by atoms with Gasteiger partial charge in [-0.3, -0.25) is 4.79 Å². The van der Waals surface area contributed by atoms with E-state index in [1.165, 1.54) is 0 Å². The molecule has 0 amide bonds. The van der Waals surface area contributed by atoms with E-state index in [1.807, 2.05) is 0 Å². The number of carbonyl (C=O) groups excluding carboxylic acids is 1. The van der Waals surface area contributed by atoms with Crippen molar-refractivity contribution >= 4 is 5.78 Å². The molecule has 1 fully saturated rings. The summed E-state index contributed by atoms with van der Waals surface area (Å²) in [5, 5.41) is 11.6. The summed E-state index contributed by atoms with van der Waals surface area (Å²) in [5.74, 6) is 1.47. The topological polar surface area (TPSA) is 55.8 Å². The van der Waals surface area contributed by atoms with E-state index < -0.39 is 5.60 Å². The molecule has 4 heteroatoms. The molecule has 26 heavy (non-hydrogen) atoms. The van der Waals surface area contributed by atoms with Crippen LogP contribution in [0.25, 0.3) is 0 Å². The van der Waals surface area contributed by atoms with E-state index in [4.69, 9.17) is 9.47 Å². The van der Waals surface area contributed by atoms with E-state index in [2.05, 4.69) is 33.8 Å². The fourth-order valence-corrected chi connectivity index (χ4v) is 5.35. The summed E-state index contributed by atoms with van der Waals surface area (Å²) in [4.78, 5) is 13.2. The van der Waals surface area contributed by atoms with Gasteiger partial charge in [-0.1, -0.05) is 33.8 Å². The van der Waals surface area contributed by atoms with Crippen LogP contribution in [-0.4, -0.2) is 30.7 Å². The first-order valence-corrected chi connectivity index (χ1v) is 9.66. The van der Waals surface area contributed by atoms with Gasteiger partial charge in [0.2, 0.25) is 0 Å². The molecule has 2 aliphatic rings. The zero-order valence-electron chi connectivity index (χ0n) is 16.9. The standard InChI is InChI=1S/C22H32O4/c1-13(2)15-10-14-11-17(23)20-21(3,4)8-7-9-22(20,24)12-16(14)19(26-6)18(15)25-5/h10,13,20,24H,7-9,11-12H2,1-6H3/t20-,22+/m1/s1. The molecule has 4 nitrogen and oxygen atoms in total. The fourth-order valence-electron chi connectivity index (χ4n) is 5.35. The van der Waals surface area contributed by atoms with Gasteiger partial charge in [-0.25, -0.2) is 0 Å². The summed E-state index contributed by atoms with van der Waals surface area (Å²) in [6.45, 7) is 8.46. The maximum absolute atomic E-state index is 13.2. The van der Waals surface area contributed by atoms with Crippen LogP contribution in [0.4, 0.5) is 0 Å². The number of benzene rings is 1. The van der Waals surface area contributed by atoms with Crippen molar-refractivity contribution in [3.63, 3.8) is 0 Å². The minimum absolute atomic E-state index is 0.151. The average molecular weight is 360 g/mol. The van der Waals surface area contributed by atoms with Gasteiger partial charge in [0, 0.05) is 24.0 Å². The van der Waals surface area contributed by atoms with Gasteiger partial charge in [0.15, 0.2) is 11.5 Å². The molecule has 1 aromatic rings. The van der Waals surface area contributed by atoms with Gasteiger partial charge in [-0.2, -0.15) is 0 Å². The Hall–Kier alpha value is -1.55. The minimum atomic E-state index is -1.01. The molecule has 0 bridgehead atoms. The first kappa shape index (κ1) is 19.2. The molecule has 3 rings (SSSR count). The zero-order chi connectivity index (χ0) is 19.3. The molecule has 1 aromatic carbocycles. The van der Waals surface area contributed by atoms with Crippen LogP contribution in [0, 0.1) is 11.3 Å². The zero-order valence-corrected chi connectivity index (χ0v) is 16.9. The van der Waals surface area contributed by atoms with E-state index in [0.717, 1.165) is 35.3 Å². The monoisotopic (exact) mass is 360 g/mol. The Bertz CT molecular complexity index is 719. The molecule has 1 N–H and O–H groups in total. The van der Waals surface area contributed by atoms with Gasteiger partial charge in [0.1, 0.15) is 5.78 Å². The number of ketones is 1. The van der Waals surface area contributed by atoms with Crippen LogP contribution in [-0.2, 0) is 17.6 Å². The summed E-state index contributed by atoms with van der Waals surface area (Å²) in [6.07, 6.45) is 3.36. The van der Waals surface area contributed by atoms with E-state index in [1.54, 1.807) is 14.2 Å². The van der Waals surface area contributed by atoms with Crippen LogP contribution < -0.4 is 9.47 Å². The van der Waals surface area contributed by atoms with Crippen molar-refractivity contribution in [1.29, 1.82) is 0 Å². The number of ether oxygens (including phenoxy) is 2. The fraction of sp³-hybridized carbons (Fsp3) is 0.682.